The van der Waals surface area contributed by atoms with Crippen LogP contribution in [0, 0.1) is 5.92 Å². The summed E-state index contributed by atoms with van der Waals surface area (Å²) in [7, 11) is 0. The number of nitrogens with one attached hydrogen (secondary N) is 2. The van der Waals surface area contributed by atoms with Crippen LogP contribution < -0.4 is 0 Å². The van der Waals surface area contributed by atoms with E-state index in [0.29, 0.717) is 25.7 Å². The fourth-order valence-corrected chi connectivity index (χ4v) is 5.46. The van der Waals surface area contributed by atoms with Crippen LogP contribution in [-0.2, 0) is 19.5 Å². The summed E-state index contributed by atoms with van der Waals surface area (Å²) >= 11 is 0. The molecule has 7 heteroatoms. The topological polar surface area (TPSA) is 38.1 Å². The molecule has 2 aromatic heterocycles. The lowest BCUT2D eigenvalue weighted by Crippen LogP contribution is -2.49. The van der Waals surface area contributed by atoms with Gasteiger partial charge in [-0.1, -0.05) is 36.4 Å². The van der Waals surface area contributed by atoms with Gasteiger partial charge in [0.05, 0.1) is 0 Å². The Hall–Kier alpha value is -2.77. The van der Waals surface area contributed by atoms with Crippen LogP contribution in [-0.4, -0.2) is 57.5 Å². The standard InChI is InChI=1S/C16H21FN2.C13H14F2N2/c1-11-8-13-12-6-4-5-7-14(12)18-15(13)9-19(11)10-16(2,3)17;14-13(15)10-6-17(7-10)8-11-5-9-3-1-2-4-12(9)16-11/h4-7,11,18H,8-10H2,1-3H3;1-5,10,13,16H,6-8H2. The van der Waals surface area contributed by atoms with Crippen molar-refractivity contribution in [3.63, 3.8) is 0 Å². The number of aromatic amines is 2. The molecule has 1 atom stereocenters. The predicted molar refractivity (Wildman–Crippen MR) is 140 cm³/mol. The molecule has 2 aliphatic rings. The predicted octanol–water partition coefficient (Wildman–Crippen LogP) is 6.53. The summed E-state index contributed by atoms with van der Waals surface area (Å²) in [6.07, 6.45) is -1.18. The van der Waals surface area contributed by atoms with Crippen LogP contribution in [0.4, 0.5) is 13.2 Å². The Labute approximate surface area is 210 Å². The molecule has 0 radical (unpaired) electrons. The number of alkyl halides is 3. The second kappa shape index (κ2) is 9.94. The van der Waals surface area contributed by atoms with Gasteiger partial charge in [0.2, 0.25) is 6.43 Å². The van der Waals surface area contributed by atoms with Crippen LogP contribution in [0.15, 0.2) is 54.6 Å². The number of benzene rings is 2. The zero-order valence-electron chi connectivity index (χ0n) is 21.2. The molecule has 2 aromatic carbocycles. The Morgan fingerprint density at radius 3 is 2.39 bits per heavy atom. The van der Waals surface area contributed by atoms with Crippen molar-refractivity contribution in [2.45, 2.75) is 58.4 Å². The largest absolute Gasteiger partial charge is 0.357 e. The first-order valence-corrected chi connectivity index (χ1v) is 12.7. The van der Waals surface area contributed by atoms with Crippen LogP contribution in [0.25, 0.3) is 21.8 Å². The van der Waals surface area contributed by atoms with Crippen molar-refractivity contribution in [3.05, 3.63) is 71.5 Å². The summed E-state index contributed by atoms with van der Waals surface area (Å²) < 4.78 is 38.5. The summed E-state index contributed by atoms with van der Waals surface area (Å²) in [6.45, 7) is 8.55. The SMILES string of the molecule is CC1Cc2c([nH]c3ccccc23)CN1CC(C)(C)F.FC(F)C1CN(Cc2cc3ccccc3[nH]2)C1. The Morgan fingerprint density at radius 2 is 1.69 bits per heavy atom. The molecule has 0 amide bonds. The maximum atomic E-state index is 13.9. The quantitative estimate of drug-likeness (QED) is 0.330. The van der Waals surface area contributed by atoms with Gasteiger partial charge in [-0.3, -0.25) is 9.80 Å². The van der Waals surface area contributed by atoms with E-state index in [2.05, 4.69) is 52.1 Å². The Kier molecular flexibility index (Phi) is 6.88. The smallest absolute Gasteiger partial charge is 0.243 e. The third-order valence-electron chi connectivity index (χ3n) is 7.29. The molecule has 6 rings (SSSR count). The van der Waals surface area contributed by atoms with Gasteiger partial charge >= 0.3 is 0 Å². The van der Waals surface area contributed by atoms with Crippen LogP contribution in [0.1, 0.15) is 37.7 Å². The highest BCUT2D eigenvalue weighted by molar-refractivity contribution is 5.85. The Bertz CT molecular complexity index is 1280. The van der Waals surface area contributed by atoms with E-state index in [1.165, 1.54) is 27.5 Å². The van der Waals surface area contributed by atoms with E-state index in [1.54, 1.807) is 13.8 Å². The Balaban J connectivity index is 0.000000149. The van der Waals surface area contributed by atoms with Gasteiger partial charge in [-0.15, -0.1) is 0 Å². The molecule has 0 bridgehead atoms. The molecule has 0 spiro atoms. The van der Waals surface area contributed by atoms with Crippen molar-refractivity contribution in [1.82, 2.24) is 19.8 Å². The number of H-pyrrole nitrogens is 2. The highest BCUT2D eigenvalue weighted by Crippen LogP contribution is 2.31. The van der Waals surface area contributed by atoms with Gasteiger partial charge in [-0.25, -0.2) is 13.2 Å². The maximum absolute atomic E-state index is 13.9. The second-order valence-corrected chi connectivity index (χ2v) is 11.0. The van der Waals surface area contributed by atoms with Crippen molar-refractivity contribution in [1.29, 1.82) is 0 Å². The Morgan fingerprint density at radius 1 is 1.00 bits per heavy atom. The second-order valence-electron chi connectivity index (χ2n) is 11.0. The molecule has 36 heavy (non-hydrogen) atoms. The number of hydrogen-bond acceptors (Lipinski definition) is 2. The molecule has 2 N–H and O–H groups in total. The van der Waals surface area contributed by atoms with Gasteiger partial charge in [0, 0.05) is 72.5 Å². The van der Waals surface area contributed by atoms with Gasteiger partial charge < -0.3 is 9.97 Å². The van der Waals surface area contributed by atoms with Crippen molar-refractivity contribution >= 4 is 21.8 Å². The molecule has 4 aromatic rings. The van der Waals surface area contributed by atoms with Gasteiger partial charge in [-0.2, -0.15) is 0 Å². The van der Waals surface area contributed by atoms with E-state index in [9.17, 15) is 13.2 Å². The number of likely N-dealkylation sites (tertiary alicyclic amines) is 1. The average Bonchev–Trinajstić information content (AvgIpc) is 3.36. The lowest BCUT2D eigenvalue weighted by Gasteiger charge is -2.38. The lowest BCUT2D eigenvalue weighted by atomic mass is 9.96. The molecule has 192 valence electrons. The summed E-state index contributed by atoms with van der Waals surface area (Å²) in [5, 5.41) is 2.50. The van der Waals surface area contributed by atoms with Crippen molar-refractivity contribution in [2.75, 3.05) is 19.6 Å². The summed E-state index contributed by atoms with van der Waals surface area (Å²) in [5.74, 6) is -0.431. The van der Waals surface area contributed by atoms with E-state index >= 15 is 0 Å². The minimum absolute atomic E-state index is 0.390. The van der Waals surface area contributed by atoms with E-state index in [0.717, 1.165) is 30.7 Å². The molecule has 2 aliphatic heterocycles. The zero-order chi connectivity index (χ0) is 25.4. The number of aromatic nitrogens is 2. The van der Waals surface area contributed by atoms with E-state index in [4.69, 9.17) is 0 Å². The first-order chi connectivity index (χ1) is 17.2. The summed E-state index contributed by atoms with van der Waals surface area (Å²) in [6, 6.07) is 19.0. The van der Waals surface area contributed by atoms with Gasteiger partial charge in [-0.05, 0) is 56.3 Å². The minimum atomic E-state index is -2.17. The van der Waals surface area contributed by atoms with Crippen molar-refractivity contribution < 1.29 is 13.2 Å². The van der Waals surface area contributed by atoms with Gasteiger partial charge in [0.25, 0.3) is 0 Å². The number of para-hydroxylation sites is 2. The first kappa shape index (κ1) is 24.9. The molecule has 1 unspecified atom stereocenters. The third-order valence-corrected chi connectivity index (χ3v) is 7.29. The molecular weight excluding hydrogens is 461 g/mol. The number of hydrogen-bond donors (Lipinski definition) is 2. The van der Waals surface area contributed by atoms with Crippen LogP contribution >= 0.6 is 0 Å². The number of halogens is 3. The molecular formula is C29H35F3N4. The van der Waals surface area contributed by atoms with E-state index in [1.807, 2.05) is 29.2 Å². The maximum Gasteiger partial charge on any atom is 0.243 e. The highest BCUT2D eigenvalue weighted by atomic mass is 19.3. The van der Waals surface area contributed by atoms with Crippen LogP contribution in [0.3, 0.4) is 0 Å². The zero-order valence-corrected chi connectivity index (χ0v) is 21.2. The molecule has 0 aliphatic carbocycles. The minimum Gasteiger partial charge on any atom is -0.357 e. The monoisotopic (exact) mass is 496 g/mol. The van der Waals surface area contributed by atoms with Gasteiger partial charge in [0.15, 0.2) is 0 Å². The average molecular weight is 497 g/mol. The summed E-state index contributed by atoms with van der Waals surface area (Å²) in [5.41, 5.74) is 4.92. The molecule has 0 saturated carbocycles. The van der Waals surface area contributed by atoms with Gasteiger partial charge in [0.1, 0.15) is 5.67 Å². The summed E-state index contributed by atoms with van der Waals surface area (Å²) in [4.78, 5) is 11.1. The molecule has 4 heterocycles. The van der Waals surface area contributed by atoms with Crippen molar-refractivity contribution in [2.24, 2.45) is 5.92 Å². The fourth-order valence-electron chi connectivity index (χ4n) is 5.46. The number of fused-ring (bicyclic) bond motifs is 4. The first-order valence-electron chi connectivity index (χ1n) is 12.7. The van der Waals surface area contributed by atoms with Crippen LogP contribution in [0.2, 0.25) is 0 Å². The molecule has 1 fully saturated rings. The number of rotatable bonds is 5. The van der Waals surface area contributed by atoms with Crippen molar-refractivity contribution in [3.8, 4) is 0 Å². The van der Waals surface area contributed by atoms with E-state index < -0.39 is 18.0 Å². The fraction of sp³-hybridized carbons (Fsp3) is 0.448. The number of nitrogens with zero attached hydrogens (tertiary/aromatic N) is 2. The van der Waals surface area contributed by atoms with Crippen LogP contribution in [0.5, 0.6) is 0 Å². The lowest BCUT2D eigenvalue weighted by molar-refractivity contribution is -0.0283. The highest BCUT2D eigenvalue weighted by Gasteiger charge is 2.33. The third kappa shape index (κ3) is 5.47. The normalized spacial score (nSPS) is 19.4. The van der Waals surface area contributed by atoms with E-state index in [-0.39, 0.29) is 0 Å². The molecule has 4 nitrogen and oxygen atoms in total. The molecule has 1 saturated heterocycles.